The van der Waals surface area contributed by atoms with Crippen LogP contribution in [0.15, 0.2) is 0 Å². The third-order valence-electron chi connectivity index (χ3n) is 1.38. The molecule has 0 radical (unpaired) electrons. The fraction of sp³-hybridized carbons (Fsp3) is 0.857. The average molecular weight is 196 g/mol. The summed E-state index contributed by atoms with van der Waals surface area (Å²) < 4.78 is 23.9. The molecule has 1 N–H and O–H groups in total. The van der Waals surface area contributed by atoms with Crippen molar-refractivity contribution in [2.45, 2.75) is 6.43 Å². The fourth-order valence-electron chi connectivity index (χ4n) is 0.835. The normalized spacial score (nSPS) is 10.3. The number of alkyl halides is 2. The summed E-state index contributed by atoms with van der Waals surface area (Å²) in [6.45, 7) is -1.02. The minimum atomic E-state index is -2.57. The van der Waals surface area contributed by atoms with E-state index in [0.717, 1.165) is 4.90 Å². The molecule has 0 heterocycles. The predicted octanol–water partition coefficient (Wildman–Crippen LogP) is 0.227. The molecule has 0 saturated heterocycles. The van der Waals surface area contributed by atoms with Crippen molar-refractivity contribution in [3.8, 4) is 0 Å². The summed E-state index contributed by atoms with van der Waals surface area (Å²) in [5, 5.41) is 8.52. The van der Waals surface area contributed by atoms with Crippen molar-refractivity contribution in [2.75, 3.05) is 33.8 Å². The first-order valence-electron chi connectivity index (χ1n) is 3.84. The molecule has 0 aromatic heterocycles. The van der Waals surface area contributed by atoms with Crippen LogP contribution >= 0.6 is 0 Å². The molecule has 78 valence electrons. The number of hydrogen-bond acceptors (Lipinski definition) is 2. The van der Waals surface area contributed by atoms with Crippen LogP contribution < -0.4 is 0 Å². The second-order valence-corrected chi connectivity index (χ2v) is 2.74. The van der Waals surface area contributed by atoms with Gasteiger partial charge in [-0.25, -0.2) is 13.6 Å². The van der Waals surface area contributed by atoms with Crippen molar-refractivity contribution >= 4 is 6.03 Å². The number of amides is 2. The van der Waals surface area contributed by atoms with E-state index in [1.165, 1.54) is 19.0 Å². The number of rotatable bonds is 4. The van der Waals surface area contributed by atoms with Crippen LogP contribution in [-0.4, -0.2) is 61.2 Å². The monoisotopic (exact) mass is 196 g/mol. The smallest absolute Gasteiger partial charge is 0.319 e. The standard InChI is InChI=1S/C7H14F2N2O2/c1-10(2)7(13)11(3-4-12)5-6(8)9/h6,12H,3-5H2,1-2H3. The van der Waals surface area contributed by atoms with Crippen molar-refractivity contribution in [1.29, 1.82) is 0 Å². The Hall–Kier alpha value is -0.910. The Labute approximate surface area is 75.7 Å². The topological polar surface area (TPSA) is 43.8 Å². The van der Waals surface area contributed by atoms with Crippen LogP contribution in [-0.2, 0) is 0 Å². The van der Waals surface area contributed by atoms with Crippen molar-refractivity contribution in [3.05, 3.63) is 0 Å². The highest BCUT2D eigenvalue weighted by atomic mass is 19.3. The number of nitrogens with zero attached hydrogens (tertiary/aromatic N) is 2. The number of carbonyl (C=O) groups excluding carboxylic acids is 1. The van der Waals surface area contributed by atoms with Gasteiger partial charge in [0, 0.05) is 20.6 Å². The predicted molar refractivity (Wildman–Crippen MR) is 43.7 cm³/mol. The number of hydrogen-bond donors (Lipinski definition) is 1. The Balaban J connectivity index is 4.15. The molecule has 0 fully saturated rings. The first-order chi connectivity index (χ1) is 5.99. The Morgan fingerprint density at radius 3 is 2.31 bits per heavy atom. The van der Waals surface area contributed by atoms with Gasteiger partial charge < -0.3 is 14.9 Å². The second-order valence-electron chi connectivity index (χ2n) is 2.74. The van der Waals surface area contributed by atoms with E-state index in [0.29, 0.717) is 0 Å². The molecule has 0 aliphatic rings. The zero-order valence-electron chi connectivity index (χ0n) is 7.70. The Morgan fingerprint density at radius 2 is 2.00 bits per heavy atom. The first kappa shape index (κ1) is 12.1. The van der Waals surface area contributed by atoms with Gasteiger partial charge in [-0.05, 0) is 0 Å². The number of carbonyl (C=O) groups is 1. The van der Waals surface area contributed by atoms with Crippen molar-refractivity contribution in [2.24, 2.45) is 0 Å². The summed E-state index contributed by atoms with van der Waals surface area (Å²) >= 11 is 0. The number of urea groups is 1. The van der Waals surface area contributed by atoms with Gasteiger partial charge in [-0.2, -0.15) is 0 Å². The van der Waals surface area contributed by atoms with Gasteiger partial charge in [-0.3, -0.25) is 0 Å². The molecule has 0 aromatic carbocycles. The van der Waals surface area contributed by atoms with Gasteiger partial charge in [0.15, 0.2) is 0 Å². The number of halogens is 2. The van der Waals surface area contributed by atoms with E-state index in [1.54, 1.807) is 0 Å². The van der Waals surface area contributed by atoms with Crippen LogP contribution in [0.5, 0.6) is 0 Å². The maximum absolute atomic E-state index is 11.9. The molecule has 0 aromatic rings. The molecule has 0 aliphatic heterocycles. The average Bonchev–Trinajstić information content (AvgIpc) is 2.01. The Bertz CT molecular complexity index is 165. The van der Waals surface area contributed by atoms with Crippen LogP contribution in [0.3, 0.4) is 0 Å². The fourth-order valence-corrected chi connectivity index (χ4v) is 0.835. The third kappa shape index (κ3) is 4.62. The molecule has 0 unspecified atom stereocenters. The zero-order chi connectivity index (χ0) is 10.4. The molecule has 0 saturated carbocycles. The maximum atomic E-state index is 11.9. The van der Waals surface area contributed by atoms with Crippen molar-refractivity contribution in [1.82, 2.24) is 9.80 Å². The van der Waals surface area contributed by atoms with Crippen molar-refractivity contribution in [3.63, 3.8) is 0 Å². The van der Waals surface area contributed by atoms with Gasteiger partial charge in [0.2, 0.25) is 0 Å². The van der Waals surface area contributed by atoms with Gasteiger partial charge in [-0.15, -0.1) is 0 Å². The Kier molecular flexibility index (Phi) is 5.29. The third-order valence-corrected chi connectivity index (χ3v) is 1.38. The molecule has 2 amide bonds. The number of aliphatic hydroxyl groups excluding tert-OH is 1. The van der Waals surface area contributed by atoms with Gasteiger partial charge in [-0.1, -0.05) is 0 Å². The van der Waals surface area contributed by atoms with E-state index in [9.17, 15) is 13.6 Å². The van der Waals surface area contributed by atoms with Crippen molar-refractivity contribution < 1.29 is 18.7 Å². The van der Waals surface area contributed by atoms with Gasteiger partial charge in [0.1, 0.15) is 0 Å². The van der Waals surface area contributed by atoms with Crippen LogP contribution in [0.25, 0.3) is 0 Å². The molecule has 0 atom stereocenters. The molecule has 0 aliphatic carbocycles. The molecule has 0 spiro atoms. The zero-order valence-corrected chi connectivity index (χ0v) is 7.70. The van der Waals surface area contributed by atoms with Crippen LogP contribution in [0.4, 0.5) is 13.6 Å². The summed E-state index contributed by atoms with van der Waals surface area (Å²) in [4.78, 5) is 13.3. The summed E-state index contributed by atoms with van der Waals surface area (Å²) in [5.41, 5.74) is 0. The SMILES string of the molecule is CN(C)C(=O)N(CCO)CC(F)F. The van der Waals surface area contributed by atoms with Gasteiger partial charge in [0.05, 0.1) is 13.2 Å². The molecular formula is C7H14F2N2O2. The lowest BCUT2D eigenvalue weighted by Crippen LogP contribution is -2.43. The van der Waals surface area contributed by atoms with Crippen LogP contribution in [0.2, 0.25) is 0 Å². The molecule has 0 bridgehead atoms. The molecular weight excluding hydrogens is 182 g/mol. The van der Waals surface area contributed by atoms with E-state index in [1.807, 2.05) is 0 Å². The molecule has 6 heteroatoms. The van der Waals surface area contributed by atoms with E-state index in [4.69, 9.17) is 5.11 Å². The summed E-state index contributed by atoms with van der Waals surface area (Å²) in [7, 11) is 2.94. The summed E-state index contributed by atoms with van der Waals surface area (Å²) in [5.74, 6) is 0. The minimum Gasteiger partial charge on any atom is -0.395 e. The largest absolute Gasteiger partial charge is 0.395 e. The lowest BCUT2D eigenvalue weighted by Gasteiger charge is -2.24. The number of aliphatic hydroxyl groups is 1. The minimum absolute atomic E-state index is 0.0681. The van der Waals surface area contributed by atoms with E-state index < -0.39 is 19.0 Å². The molecule has 4 nitrogen and oxygen atoms in total. The van der Waals surface area contributed by atoms with E-state index >= 15 is 0 Å². The Morgan fingerprint density at radius 1 is 1.46 bits per heavy atom. The first-order valence-corrected chi connectivity index (χ1v) is 3.84. The van der Waals surface area contributed by atoms with Gasteiger partial charge in [0.25, 0.3) is 6.43 Å². The highest BCUT2D eigenvalue weighted by molar-refractivity contribution is 5.73. The lowest BCUT2D eigenvalue weighted by molar-refractivity contribution is 0.0822. The van der Waals surface area contributed by atoms with Gasteiger partial charge >= 0.3 is 6.03 Å². The summed E-state index contributed by atoms with van der Waals surface area (Å²) in [6.07, 6.45) is -2.57. The highest BCUT2D eigenvalue weighted by Gasteiger charge is 2.18. The van der Waals surface area contributed by atoms with Crippen LogP contribution in [0.1, 0.15) is 0 Å². The molecule has 0 rings (SSSR count). The maximum Gasteiger partial charge on any atom is 0.319 e. The molecule has 13 heavy (non-hydrogen) atoms. The second kappa shape index (κ2) is 5.69. The quantitative estimate of drug-likeness (QED) is 0.699. The van der Waals surface area contributed by atoms with Crippen LogP contribution in [0, 0.1) is 0 Å². The van der Waals surface area contributed by atoms with E-state index in [2.05, 4.69) is 0 Å². The summed E-state index contributed by atoms with van der Waals surface area (Å²) in [6, 6.07) is -0.519. The highest BCUT2D eigenvalue weighted by Crippen LogP contribution is 2.00. The lowest BCUT2D eigenvalue weighted by atomic mass is 10.5. The van der Waals surface area contributed by atoms with E-state index in [-0.39, 0.29) is 13.2 Å².